The molecule has 5 heteroatoms. The van der Waals surface area contributed by atoms with Crippen molar-refractivity contribution in [3.8, 4) is 17.2 Å². The van der Waals surface area contributed by atoms with Gasteiger partial charge in [-0.25, -0.2) is 0 Å². The lowest BCUT2D eigenvalue weighted by molar-refractivity contribution is -0.115. The van der Waals surface area contributed by atoms with Crippen LogP contribution in [0.4, 0.5) is 5.69 Å². The number of carbonyl (C=O) groups excluding carboxylic acids is 1. The summed E-state index contributed by atoms with van der Waals surface area (Å²) < 4.78 is 0. The Labute approximate surface area is 134 Å². The van der Waals surface area contributed by atoms with E-state index in [1.165, 1.54) is 0 Å². The van der Waals surface area contributed by atoms with Crippen LogP contribution in [0.5, 0.6) is 0 Å². The molecule has 23 heavy (non-hydrogen) atoms. The summed E-state index contributed by atoms with van der Waals surface area (Å²) in [6.45, 7) is 0. The molecule has 114 valence electrons. The number of aromatic nitrogens is 1. The molecule has 0 unspecified atom stereocenters. The Morgan fingerprint density at radius 3 is 2.96 bits per heavy atom. The van der Waals surface area contributed by atoms with E-state index in [9.17, 15) is 4.79 Å². The molecule has 3 rings (SSSR count). The van der Waals surface area contributed by atoms with Gasteiger partial charge in [0.1, 0.15) is 0 Å². The van der Waals surface area contributed by atoms with Gasteiger partial charge in [-0.2, -0.15) is 5.26 Å². The Balaban J connectivity index is 2.17. The number of hydrogen-bond donors (Lipinski definition) is 2. The highest BCUT2D eigenvalue weighted by atomic mass is 16.1. The van der Waals surface area contributed by atoms with Crippen LogP contribution >= 0.6 is 0 Å². The van der Waals surface area contributed by atoms with Crippen molar-refractivity contribution in [2.75, 3.05) is 5.32 Å². The fraction of sp³-hybridized carbons (Fsp3) is 0.167. The van der Waals surface area contributed by atoms with Crippen molar-refractivity contribution in [1.29, 1.82) is 5.26 Å². The summed E-state index contributed by atoms with van der Waals surface area (Å²) in [5.41, 5.74) is 9.82. The molecule has 1 aromatic heterocycles. The summed E-state index contributed by atoms with van der Waals surface area (Å²) in [7, 11) is 0. The van der Waals surface area contributed by atoms with Crippen LogP contribution in [-0.2, 0) is 4.79 Å². The number of amides is 1. The molecule has 1 aliphatic rings. The average molecular weight is 304 g/mol. The van der Waals surface area contributed by atoms with Crippen molar-refractivity contribution in [2.24, 2.45) is 5.73 Å². The first-order valence-corrected chi connectivity index (χ1v) is 7.38. The molecule has 5 nitrogen and oxygen atoms in total. The Kier molecular flexibility index (Phi) is 4.18. The Morgan fingerprint density at radius 2 is 2.13 bits per heavy atom. The molecule has 1 atom stereocenters. The highest BCUT2D eigenvalue weighted by molar-refractivity contribution is 5.96. The summed E-state index contributed by atoms with van der Waals surface area (Å²) >= 11 is 0. The van der Waals surface area contributed by atoms with Gasteiger partial charge in [-0.3, -0.25) is 9.78 Å². The monoisotopic (exact) mass is 304 g/mol. The number of fused-ring (bicyclic) bond motifs is 4. The molecule has 0 radical (unpaired) electrons. The van der Waals surface area contributed by atoms with Crippen LogP contribution in [0.2, 0.25) is 0 Å². The van der Waals surface area contributed by atoms with Crippen molar-refractivity contribution < 1.29 is 4.79 Å². The number of carbonyl (C=O) groups is 1. The molecule has 0 saturated heterocycles. The number of pyridine rings is 1. The van der Waals surface area contributed by atoms with Crippen LogP contribution < -0.4 is 11.1 Å². The second-order valence-corrected chi connectivity index (χ2v) is 5.41. The number of anilines is 1. The number of nitrogens with two attached hydrogens (primary N) is 1. The lowest BCUT2D eigenvalue weighted by atomic mass is 9.99. The molecule has 0 saturated carbocycles. The van der Waals surface area contributed by atoms with E-state index in [0.717, 1.165) is 16.8 Å². The van der Waals surface area contributed by atoms with Crippen molar-refractivity contribution in [3.05, 3.63) is 59.9 Å². The highest BCUT2D eigenvalue weighted by Crippen LogP contribution is 2.31. The highest BCUT2D eigenvalue weighted by Gasteiger charge is 2.13. The molecule has 2 aromatic rings. The molecule has 0 spiro atoms. The van der Waals surface area contributed by atoms with Crippen molar-refractivity contribution in [3.63, 3.8) is 0 Å². The smallest absolute Gasteiger partial charge is 0.228 e. The van der Waals surface area contributed by atoms with Gasteiger partial charge in [-0.05, 0) is 42.3 Å². The molecule has 2 bridgehead atoms. The molecule has 0 aliphatic carbocycles. The van der Waals surface area contributed by atoms with Gasteiger partial charge < -0.3 is 11.1 Å². The lowest BCUT2D eigenvalue weighted by Gasteiger charge is -2.15. The van der Waals surface area contributed by atoms with E-state index >= 15 is 0 Å². The van der Waals surface area contributed by atoms with E-state index < -0.39 is 0 Å². The SMILES string of the molecule is N#Cc1ccc2c(c1)-c1ccnc(c1)[C@@H](N)C/C=C\CC(=O)N2. The minimum absolute atomic E-state index is 0.101. The van der Waals surface area contributed by atoms with E-state index in [2.05, 4.69) is 16.4 Å². The van der Waals surface area contributed by atoms with E-state index in [1.54, 1.807) is 24.4 Å². The van der Waals surface area contributed by atoms with Gasteiger partial charge in [-0.1, -0.05) is 12.2 Å². The van der Waals surface area contributed by atoms with Crippen LogP contribution in [0.1, 0.15) is 30.1 Å². The van der Waals surface area contributed by atoms with E-state index in [4.69, 9.17) is 11.0 Å². The normalized spacial score (nSPS) is 18.6. The number of hydrogen-bond acceptors (Lipinski definition) is 4. The molecule has 1 aliphatic heterocycles. The molecule has 3 N–H and O–H groups in total. The number of nitrogens with one attached hydrogen (secondary N) is 1. The third kappa shape index (κ3) is 3.28. The second kappa shape index (κ2) is 6.42. The molecule has 1 aromatic carbocycles. The molecular formula is C18H16N4O. The average Bonchev–Trinajstić information content (AvgIpc) is 2.58. The first-order chi connectivity index (χ1) is 11.2. The summed E-state index contributed by atoms with van der Waals surface area (Å²) in [5, 5.41) is 12.0. The van der Waals surface area contributed by atoms with Gasteiger partial charge >= 0.3 is 0 Å². The fourth-order valence-electron chi connectivity index (χ4n) is 2.54. The number of nitriles is 1. The van der Waals surface area contributed by atoms with Gasteiger partial charge in [0.25, 0.3) is 0 Å². The molecule has 0 fully saturated rings. The maximum Gasteiger partial charge on any atom is 0.228 e. The second-order valence-electron chi connectivity index (χ2n) is 5.41. The van der Waals surface area contributed by atoms with Gasteiger partial charge in [0, 0.05) is 23.9 Å². The van der Waals surface area contributed by atoms with Gasteiger partial charge in [0.2, 0.25) is 5.91 Å². The van der Waals surface area contributed by atoms with E-state index in [1.807, 2.05) is 24.3 Å². The number of benzene rings is 1. The third-order valence-electron chi connectivity index (χ3n) is 3.75. The van der Waals surface area contributed by atoms with Crippen LogP contribution in [0, 0.1) is 11.3 Å². The summed E-state index contributed by atoms with van der Waals surface area (Å²) in [4.78, 5) is 16.4. The standard InChI is InChI=1S/C18H16N4O/c19-11-12-5-6-16-14(9-12)13-7-8-21-17(10-13)15(20)3-1-2-4-18(23)22-16/h1-2,5-10,15H,3-4,20H2,(H,22,23)/b2-1-/t15-/m0/s1. The summed E-state index contributed by atoms with van der Waals surface area (Å²) in [6, 6.07) is 10.9. The predicted octanol–water partition coefficient (Wildman–Crippen LogP) is 2.91. The van der Waals surface area contributed by atoms with Gasteiger partial charge in [-0.15, -0.1) is 0 Å². The van der Waals surface area contributed by atoms with Crippen LogP contribution in [-0.4, -0.2) is 10.9 Å². The summed E-state index contributed by atoms with van der Waals surface area (Å²) in [6.07, 6.45) is 6.32. The zero-order valence-electron chi connectivity index (χ0n) is 12.5. The van der Waals surface area contributed by atoms with Crippen LogP contribution in [0.3, 0.4) is 0 Å². The number of rotatable bonds is 0. The first-order valence-electron chi connectivity index (χ1n) is 7.38. The van der Waals surface area contributed by atoms with Crippen molar-refractivity contribution in [2.45, 2.75) is 18.9 Å². The zero-order valence-corrected chi connectivity index (χ0v) is 12.5. The zero-order chi connectivity index (χ0) is 16.2. The molecular weight excluding hydrogens is 288 g/mol. The Bertz CT molecular complexity index is 820. The predicted molar refractivity (Wildman–Crippen MR) is 88.3 cm³/mol. The quantitative estimate of drug-likeness (QED) is 0.732. The van der Waals surface area contributed by atoms with Crippen LogP contribution in [0.15, 0.2) is 48.7 Å². The maximum absolute atomic E-state index is 12.1. The fourth-order valence-corrected chi connectivity index (χ4v) is 2.54. The van der Waals surface area contributed by atoms with E-state index in [-0.39, 0.29) is 18.4 Å². The van der Waals surface area contributed by atoms with Crippen molar-refractivity contribution in [1.82, 2.24) is 4.98 Å². The Hall–Kier alpha value is -2.97. The molecule has 1 amide bonds. The minimum atomic E-state index is -0.226. The topological polar surface area (TPSA) is 91.8 Å². The van der Waals surface area contributed by atoms with Gasteiger partial charge in [0.15, 0.2) is 0 Å². The maximum atomic E-state index is 12.1. The van der Waals surface area contributed by atoms with Gasteiger partial charge in [0.05, 0.1) is 23.4 Å². The minimum Gasteiger partial charge on any atom is -0.325 e. The van der Waals surface area contributed by atoms with Crippen LogP contribution in [0.25, 0.3) is 11.1 Å². The largest absolute Gasteiger partial charge is 0.325 e. The summed E-state index contributed by atoms with van der Waals surface area (Å²) in [5.74, 6) is -0.101. The first kappa shape index (κ1) is 14.9. The number of nitrogens with zero attached hydrogens (tertiary/aromatic N) is 2. The van der Waals surface area contributed by atoms with Crippen molar-refractivity contribution >= 4 is 11.6 Å². The lowest BCUT2D eigenvalue weighted by Crippen LogP contribution is -2.13. The van der Waals surface area contributed by atoms with E-state index in [0.29, 0.717) is 17.7 Å². The third-order valence-corrected chi connectivity index (χ3v) is 3.75. The Morgan fingerprint density at radius 1 is 1.26 bits per heavy atom. The molecule has 2 heterocycles.